The number of rotatable bonds is 3. The van der Waals surface area contributed by atoms with Crippen molar-refractivity contribution in [1.82, 2.24) is 9.78 Å². The summed E-state index contributed by atoms with van der Waals surface area (Å²) in [6.45, 7) is 0. The zero-order chi connectivity index (χ0) is 12.5. The first-order chi connectivity index (χ1) is 8.72. The summed E-state index contributed by atoms with van der Waals surface area (Å²) in [6.07, 6.45) is 7.14. The van der Waals surface area contributed by atoms with Crippen LogP contribution < -0.4 is 5.73 Å². The van der Waals surface area contributed by atoms with Crippen LogP contribution in [-0.2, 0) is 26.3 Å². The Morgan fingerprint density at radius 2 is 2.00 bits per heavy atom. The smallest absolute Gasteiger partial charge is 0.0522 e. The van der Waals surface area contributed by atoms with Crippen molar-refractivity contribution in [2.45, 2.75) is 25.3 Å². The average molecular weight is 241 g/mol. The summed E-state index contributed by atoms with van der Waals surface area (Å²) in [6, 6.07) is 8.92. The van der Waals surface area contributed by atoms with Gasteiger partial charge in [0.2, 0.25) is 0 Å². The van der Waals surface area contributed by atoms with Gasteiger partial charge in [-0.3, -0.25) is 4.68 Å². The zero-order valence-electron chi connectivity index (χ0n) is 10.7. The van der Waals surface area contributed by atoms with E-state index >= 15 is 0 Å². The molecule has 0 aliphatic heterocycles. The summed E-state index contributed by atoms with van der Waals surface area (Å²) in [5.74, 6) is 0.572. The zero-order valence-corrected chi connectivity index (χ0v) is 10.7. The first-order valence-corrected chi connectivity index (χ1v) is 6.52. The van der Waals surface area contributed by atoms with Crippen molar-refractivity contribution in [3.05, 3.63) is 53.3 Å². The van der Waals surface area contributed by atoms with Gasteiger partial charge in [-0.1, -0.05) is 24.3 Å². The van der Waals surface area contributed by atoms with Gasteiger partial charge >= 0.3 is 0 Å². The number of hydrogen-bond donors (Lipinski definition) is 1. The minimum absolute atomic E-state index is 0.224. The van der Waals surface area contributed by atoms with Crippen LogP contribution in [0.5, 0.6) is 0 Å². The number of fused-ring (bicyclic) bond motifs is 1. The van der Waals surface area contributed by atoms with Crippen molar-refractivity contribution in [2.75, 3.05) is 0 Å². The van der Waals surface area contributed by atoms with E-state index in [2.05, 4.69) is 35.6 Å². The fourth-order valence-corrected chi connectivity index (χ4v) is 2.91. The maximum absolute atomic E-state index is 6.36. The molecule has 2 aromatic rings. The predicted octanol–water partition coefficient (Wildman–Crippen LogP) is 1.70. The monoisotopic (exact) mass is 241 g/mol. The van der Waals surface area contributed by atoms with Crippen molar-refractivity contribution >= 4 is 0 Å². The Kier molecular flexibility index (Phi) is 2.92. The van der Waals surface area contributed by atoms with Crippen LogP contribution in [0, 0.1) is 5.92 Å². The van der Waals surface area contributed by atoms with Gasteiger partial charge in [-0.05, 0) is 41.9 Å². The highest BCUT2D eigenvalue weighted by Crippen LogP contribution is 2.28. The molecule has 1 aliphatic rings. The Morgan fingerprint density at radius 1 is 1.33 bits per heavy atom. The number of nitrogens with two attached hydrogens (primary N) is 1. The Hall–Kier alpha value is -1.61. The summed E-state index contributed by atoms with van der Waals surface area (Å²) >= 11 is 0. The van der Waals surface area contributed by atoms with Crippen molar-refractivity contribution < 1.29 is 0 Å². The van der Waals surface area contributed by atoms with Gasteiger partial charge in [0.15, 0.2) is 0 Å². The third-order valence-corrected chi connectivity index (χ3v) is 3.92. The van der Waals surface area contributed by atoms with Crippen LogP contribution in [0.15, 0.2) is 36.7 Å². The van der Waals surface area contributed by atoms with Crippen LogP contribution in [0.4, 0.5) is 0 Å². The quantitative estimate of drug-likeness (QED) is 0.889. The van der Waals surface area contributed by atoms with Crippen molar-refractivity contribution in [3.63, 3.8) is 0 Å². The molecule has 1 aromatic heterocycles. The Balaban J connectivity index is 1.67. The molecule has 3 heteroatoms. The number of benzene rings is 1. The van der Waals surface area contributed by atoms with E-state index in [-0.39, 0.29) is 6.04 Å². The molecule has 1 aliphatic carbocycles. The molecule has 1 unspecified atom stereocenters. The molecule has 1 aromatic carbocycles. The molecule has 1 atom stereocenters. The van der Waals surface area contributed by atoms with Crippen LogP contribution in [0.2, 0.25) is 0 Å². The lowest BCUT2D eigenvalue weighted by Gasteiger charge is -2.17. The molecule has 2 N–H and O–H groups in total. The normalized spacial score (nSPS) is 16.8. The molecular weight excluding hydrogens is 222 g/mol. The van der Waals surface area contributed by atoms with E-state index < -0.39 is 0 Å². The van der Waals surface area contributed by atoms with E-state index in [0.717, 1.165) is 19.3 Å². The molecule has 18 heavy (non-hydrogen) atoms. The maximum Gasteiger partial charge on any atom is 0.0522 e. The summed E-state index contributed by atoms with van der Waals surface area (Å²) in [5.41, 5.74) is 10.6. The minimum atomic E-state index is 0.224. The Bertz CT molecular complexity index is 519. The van der Waals surface area contributed by atoms with E-state index in [1.165, 1.54) is 16.7 Å². The number of aryl methyl sites for hydroxylation is 1. The SMILES string of the molecule is Cn1cc(CC(N)C2Cc3ccccc3C2)cn1. The fourth-order valence-electron chi connectivity index (χ4n) is 2.91. The van der Waals surface area contributed by atoms with Gasteiger partial charge in [0.25, 0.3) is 0 Å². The lowest BCUT2D eigenvalue weighted by Crippen LogP contribution is -2.32. The standard InChI is InChI=1S/C15H19N3/c1-18-10-11(9-17-18)6-15(16)14-7-12-4-2-3-5-13(12)8-14/h2-5,9-10,14-15H,6-8,16H2,1H3. The van der Waals surface area contributed by atoms with Crippen molar-refractivity contribution in [3.8, 4) is 0 Å². The molecule has 0 saturated carbocycles. The van der Waals surface area contributed by atoms with E-state index in [1.807, 2.05) is 17.9 Å². The lowest BCUT2D eigenvalue weighted by molar-refractivity contribution is 0.437. The molecule has 0 saturated heterocycles. The topological polar surface area (TPSA) is 43.8 Å². The van der Waals surface area contributed by atoms with Crippen LogP contribution in [0.3, 0.4) is 0 Å². The molecule has 0 spiro atoms. The summed E-state index contributed by atoms with van der Waals surface area (Å²) in [5, 5.41) is 4.20. The van der Waals surface area contributed by atoms with Gasteiger partial charge in [-0.25, -0.2) is 0 Å². The van der Waals surface area contributed by atoms with E-state index in [0.29, 0.717) is 5.92 Å². The second kappa shape index (κ2) is 4.58. The van der Waals surface area contributed by atoms with Gasteiger partial charge in [0.05, 0.1) is 6.20 Å². The molecule has 0 amide bonds. The molecule has 94 valence electrons. The van der Waals surface area contributed by atoms with E-state index in [4.69, 9.17) is 5.73 Å². The second-order valence-corrected chi connectivity index (χ2v) is 5.33. The van der Waals surface area contributed by atoms with Gasteiger partial charge in [-0.2, -0.15) is 5.10 Å². The molecule has 0 fully saturated rings. The van der Waals surface area contributed by atoms with Gasteiger partial charge in [-0.15, -0.1) is 0 Å². The Labute approximate surface area is 108 Å². The molecule has 1 heterocycles. The molecule has 3 nitrogen and oxygen atoms in total. The maximum atomic E-state index is 6.36. The summed E-state index contributed by atoms with van der Waals surface area (Å²) in [4.78, 5) is 0. The first kappa shape index (κ1) is 11.5. The molecule has 3 rings (SSSR count). The van der Waals surface area contributed by atoms with Crippen molar-refractivity contribution in [2.24, 2.45) is 18.7 Å². The lowest BCUT2D eigenvalue weighted by atomic mass is 9.93. The molecule has 0 bridgehead atoms. The third kappa shape index (κ3) is 2.18. The highest BCUT2D eigenvalue weighted by molar-refractivity contribution is 5.32. The number of hydrogen-bond acceptors (Lipinski definition) is 2. The van der Waals surface area contributed by atoms with E-state index in [1.54, 1.807) is 0 Å². The predicted molar refractivity (Wildman–Crippen MR) is 72.2 cm³/mol. The minimum Gasteiger partial charge on any atom is -0.327 e. The van der Waals surface area contributed by atoms with Gasteiger partial charge in [0, 0.05) is 19.3 Å². The summed E-state index contributed by atoms with van der Waals surface area (Å²) in [7, 11) is 1.94. The van der Waals surface area contributed by atoms with E-state index in [9.17, 15) is 0 Å². The molecule has 0 radical (unpaired) electrons. The van der Waals surface area contributed by atoms with Crippen LogP contribution in [-0.4, -0.2) is 15.8 Å². The highest BCUT2D eigenvalue weighted by Gasteiger charge is 2.26. The van der Waals surface area contributed by atoms with Crippen molar-refractivity contribution in [1.29, 1.82) is 0 Å². The summed E-state index contributed by atoms with van der Waals surface area (Å²) < 4.78 is 1.84. The average Bonchev–Trinajstić information content (AvgIpc) is 2.95. The fraction of sp³-hybridized carbons (Fsp3) is 0.400. The highest BCUT2D eigenvalue weighted by atomic mass is 15.2. The first-order valence-electron chi connectivity index (χ1n) is 6.52. The van der Waals surface area contributed by atoms with Gasteiger partial charge < -0.3 is 5.73 Å². The number of nitrogens with zero attached hydrogens (tertiary/aromatic N) is 2. The van der Waals surface area contributed by atoms with Crippen LogP contribution in [0.1, 0.15) is 16.7 Å². The largest absolute Gasteiger partial charge is 0.327 e. The van der Waals surface area contributed by atoms with Gasteiger partial charge in [0.1, 0.15) is 0 Å². The third-order valence-electron chi connectivity index (χ3n) is 3.92. The van der Waals surface area contributed by atoms with Crippen LogP contribution >= 0.6 is 0 Å². The van der Waals surface area contributed by atoms with Crippen LogP contribution in [0.25, 0.3) is 0 Å². The second-order valence-electron chi connectivity index (χ2n) is 5.33. The number of aromatic nitrogens is 2. The molecular formula is C15H19N3. The Morgan fingerprint density at radius 3 is 2.56 bits per heavy atom.